The molecule has 1 N–H and O–H groups in total. The maximum Gasteiger partial charge on any atom is 0.247 e. The molecule has 0 unspecified atom stereocenters. The van der Waals surface area contributed by atoms with Crippen LogP contribution in [0.5, 0.6) is 0 Å². The molecular formula is C29H26ClN3O2. The zero-order valence-corrected chi connectivity index (χ0v) is 19.9. The van der Waals surface area contributed by atoms with E-state index in [0.29, 0.717) is 11.6 Å². The number of hydrogen-bond acceptors (Lipinski definition) is 3. The van der Waals surface area contributed by atoms with Gasteiger partial charge in [0.25, 0.3) is 0 Å². The highest BCUT2D eigenvalue weighted by Gasteiger charge is 2.31. The van der Waals surface area contributed by atoms with E-state index >= 15 is 0 Å². The fourth-order valence-electron chi connectivity index (χ4n) is 3.88. The van der Waals surface area contributed by atoms with Gasteiger partial charge in [-0.3, -0.25) is 14.6 Å². The number of nitrogens with zero attached hydrogens (tertiary/aromatic N) is 2. The van der Waals surface area contributed by atoms with Crippen molar-refractivity contribution in [1.29, 1.82) is 0 Å². The van der Waals surface area contributed by atoms with Gasteiger partial charge in [-0.2, -0.15) is 0 Å². The number of halogens is 1. The summed E-state index contributed by atoms with van der Waals surface area (Å²) in [5, 5.41) is 3.63. The van der Waals surface area contributed by atoms with Crippen LogP contribution in [0.15, 0.2) is 109 Å². The van der Waals surface area contributed by atoms with E-state index in [4.69, 9.17) is 11.6 Å². The van der Waals surface area contributed by atoms with E-state index < -0.39 is 6.04 Å². The second-order valence-electron chi connectivity index (χ2n) is 8.20. The zero-order valence-electron chi connectivity index (χ0n) is 19.2. The van der Waals surface area contributed by atoms with Crippen molar-refractivity contribution < 1.29 is 9.59 Å². The van der Waals surface area contributed by atoms with Crippen LogP contribution in [-0.2, 0) is 29.1 Å². The lowest BCUT2D eigenvalue weighted by Crippen LogP contribution is -2.43. The van der Waals surface area contributed by atoms with Crippen LogP contribution in [0.4, 0.5) is 0 Å². The normalized spacial score (nSPS) is 11.5. The summed E-state index contributed by atoms with van der Waals surface area (Å²) in [7, 11) is 0. The summed E-state index contributed by atoms with van der Waals surface area (Å²) in [6, 6.07) is 29.2. The number of carbonyl (C=O) groups is 2. The van der Waals surface area contributed by atoms with Gasteiger partial charge in [0.1, 0.15) is 6.04 Å². The van der Waals surface area contributed by atoms with Crippen molar-refractivity contribution in [3.05, 3.63) is 137 Å². The van der Waals surface area contributed by atoms with Crippen LogP contribution in [0, 0.1) is 0 Å². The molecular weight excluding hydrogens is 458 g/mol. The summed E-state index contributed by atoms with van der Waals surface area (Å²) in [5.74, 6) is -0.387. The average molecular weight is 484 g/mol. The van der Waals surface area contributed by atoms with Crippen LogP contribution in [0.25, 0.3) is 0 Å². The Kier molecular flexibility index (Phi) is 8.25. The molecule has 0 aliphatic carbocycles. The van der Waals surface area contributed by atoms with Gasteiger partial charge >= 0.3 is 0 Å². The number of rotatable bonds is 9. The largest absolute Gasteiger partial charge is 0.350 e. The molecule has 0 spiro atoms. The fraction of sp³-hybridized carbons (Fsp3) is 0.138. The molecule has 2 amide bonds. The van der Waals surface area contributed by atoms with Gasteiger partial charge in [-0.1, -0.05) is 84.4 Å². The third-order valence-corrected chi connectivity index (χ3v) is 5.93. The van der Waals surface area contributed by atoms with Crippen molar-refractivity contribution in [2.75, 3.05) is 0 Å². The summed E-state index contributed by atoms with van der Waals surface area (Å²) in [6.45, 7) is 0.609. The standard InChI is InChI=1S/C29H26ClN3O2/c30-26-13-11-24(12-14-26)21-33(27(34)19-22-7-3-1-4-8-22)28(25-9-5-2-6-10-25)29(35)32-20-23-15-17-31-18-16-23/h1-18,28H,19-21H2,(H,32,35)/t28-/m1/s1. The number of pyridine rings is 1. The Morgan fingerprint density at radius 3 is 2.06 bits per heavy atom. The van der Waals surface area contributed by atoms with Gasteiger partial charge < -0.3 is 10.2 Å². The lowest BCUT2D eigenvalue weighted by atomic mass is 10.0. The fourth-order valence-corrected chi connectivity index (χ4v) is 4.00. The highest BCUT2D eigenvalue weighted by molar-refractivity contribution is 6.30. The summed E-state index contributed by atoms with van der Waals surface area (Å²) in [5.41, 5.74) is 3.46. The molecule has 3 aromatic carbocycles. The molecule has 4 rings (SSSR count). The summed E-state index contributed by atoms with van der Waals surface area (Å²) >= 11 is 6.08. The van der Waals surface area contributed by atoms with Crippen molar-refractivity contribution >= 4 is 23.4 Å². The van der Waals surface area contributed by atoms with Gasteiger partial charge in [0.15, 0.2) is 0 Å². The summed E-state index contributed by atoms with van der Waals surface area (Å²) in [6.07, 6.45) is 3.56. The number of amides is 2. The van der Waals surface area contributed by atoms with Gasteiger partial charge in [-0.15, -0.1) is 0 Å². The minimum atomic E-state index is -0.801. The Morgan fingerprint density at radius 1 is 0.771 bits per heavy atom. The lowest BCUT2D eigenvalue weighted by molar-refractivity contribution is -0.141. The molecule has 176 valence electrons. The van der Waals surface area contributed by atoms with E-state index in [1.807, 2.05) is 84.9 Å². The first-order valence-electron chi connectivity index (χ1n) is 11.4. The molecule has 0 saturated heterocycles. The zero-order chi connectivity index (χ0) is 24.5. The van der Waals surface area contributed by atoms with E-state index in [-0.39, 0.29) is 24.8 Å². The van der Waals surface area contributed by atoms with Crippen LogP contribution in [0.3, 0.4) is 0 Å². The van der Waals surface area contributed by atoms with Gasteiger partial charge in [0.2, 0.25) is 11.8 Å². The van der Waals surface area contributed by atoms with Gasteiger partial charge in [-0.05, 0) is 46.5 Å². The molecule has 6 heteroatoms. The molecule has 1 heterocycles. The highest BCUT2D eigenvalue weighted by atomic mass is 35.5. The summed E-state index contributed by atoms with van der Waals surface area (Å²) in [4.78, 5) is 33.0. The van der Waals surface area contributed by atoms with Crippen LogP contribution in [-0.4, -0.2) is 21.7 Å². The predicted octanol–water partition coefficient (Wildman–Crippen LogP) is 5.36. The molecule has 0 aliphatic heterocycles. The first-order chi connectivity index (χ1) is 17.1. The predicted molar refractivity (Wildman–Crippen MR) is 137 cm³/mol. The molecule has 4 aromatic rings. The Bertz CT molecular complexity index is 1230. The van der Waals surface area contributed by atoms with E-state index in [9.17, 15) is 9.59 Å². The second kappa shape index (κ2) is 12.0. The minimum Gasteiger partial charge on any atom is -0.350 e. The molecule has 5 nitrogen and oxygen atoms in total. The second-order valence-corrected chi connectivity index (χ2v) is 8.63. The molecule has 0 saturated carbocycles. The van der Waals surface area contributed by atoms with Crippen LogP contribution in [0.1, 0.15) is 28.3 Å². The van der Waals surface area contributed by atoms with Crippen molar-refractivity contribution in [1.82, 2.24) is 15.2 Å². The monoisotopic (exact) mass is 483 g/mol. The van der Waals surface area contributed by atoms with Gasteiger partial charge in [0.05, 0.1) is 6.42 Å². The first-order valence-corrected chi connectivity index (χ1v) is 11.8. The van der Waals surface area contributed by atoms with E-state index in [2.05, 4.69) is 10.3 Å². The summed E-state index contributed by atoms with van der Waals surface area (Å²) < 4.78 is 0. The SMILES string of the molecule is O=C(NCc1ccncc1)[C@@H](c1ccccc1)N(Cc1ccc(Cl)cc1)C(=O)Cc1ccccc1. The number of hydrogen-bond donors (Lipinski definition) is 1. The quantitative estimate of drug-likeness (QED) is 0.348. The molecule has 1 aromatic heterocycles. The molecule has 35 heavy (non-hydrogen) atoms. The smallest absolute Gasteiger partial charge is 0.247 e. The van der Waals surface area contributed by atoms with Crippen LogP contribution in [0.2, 0.25) is 5.02 Å². The minimum absolute atomic E-state index is 0.140. The van der Waals surface area contributed by atoms with Gasteiger partial charge in [-0.25, -0.2) is 0 Å². The topological polar surface area (TPSA) is 62.3 Å². The number of benzene rings is 3. The van der Waals surface area contributed by atoms with Crippen molar-refractivity contribution in [3.63, 3.8) is 0 Å². The van der Waals surface area contributed by atoms with Crippen molar-refractivity contribution in [2.24, 2.45) is 0 Å². The number of aromatic nitrogens is 1. The molecule has 1 atom stereocenters. The Balaban J connectivity index is 1.66. The molecule has 0 fully saturated rings. The number of carbonyl (C=O) groups excluding carboxylic acids is 2. The van der Waals surface area contributed by atoms with E-state index in [1.165, 1.54) is 0 Å². The first kappa shape index (κ1) is 24.2. The Labute approximate surface area is 210 Å². The highest BCUT2D eigenvalue weighted by Crippen LogP contribution is 2.25. The maximum absolute atomic E-state index is 13.7. The van der Waals surface area contributed by atoms with E-state index in [0.717, 1.165) is 22.3 Å². The third-order valence-electron chi connectivity index (χ3n) is 5.68. The molecule has 0 bridgehead atoms. The van der Waals surface area contributed by atoms with Crippen LogP contribution < -0.4 is 5.32 Å². The van der Waals surface area contributed by atoms with Gasteiger partial charge in [0, 0.05) is 30.5 Å². The van der Waals surface area contributed by atoms with Crippen molar-refractivity contribution in [2.45, 2.75) is 25.6 Å². The van der Waals surface area contributed by atoms with Crippen molar-refractivity contribution in [3.8, 4) is 0 Å². The Hall–Kier alpha value is -3.96. The lowest BCUT2D eigenvalue weighted by Gasteiger charge is -2.32. The number of nitrogens with one attached hydrogen (secondary N) is 1. The molecule has 0 radical (unpaired) electrons. The maximum atomic E-state index is 13.7. The third kappa shape index (κ3) is 6.78. The average Bonchev–Trinajstić information content (AvgIpc) is 2.90. The van der Waals surface area contributed by atoms with Crippen LogP contribution >= 0.6 is 11.6 Å². The van der Waals surface area contributed by atoms with E-state index in [1.54, 1.807) is 29.4 Å². The Morgan fingerprint density at radius 2 is 1.40 bits per heavy atom. The molecule has 0 aliphatic rings.